The van der Waals surface area contributed by atoms with Crippen molar-refractivity contribution >= 4 is 18.0 Å². The van der Waals surface area contributed by atoms with Crippen molar-refractivity contribution in [3.8, 4) is 0 Å². The van der Waals surface area contributed by atoms with Crippen molar-refractivity contribution in [2.45, 2.75) is 82.8 Å². The van der Waals surface area contributed by atoms with Crippen molar-refractivity contribution in [3.63, 3.8) is 0 Å². The molecular weight excluding hydrogens is 463 g/mol. The smallest absolute Gasteiger partial charge is 0.328 e. The van der Waals surface area contributed by atoms with Gasteiger partial charge in [-0.2, -0.15) is 0 Å². The van der Waals surface area contributed by atoms with Gasteiger partial charge in [-0.3, -0.25) is 4.79 Å². The number of halogens is 1. The third kappa shape index (κ3) is 6.40. The number of carboxylic acid groups (broad SMARTS) is 1. The summed E-state index contributed by atoms with van der Waals surface area (Å²) < 4.78 is 26.0. The number of carbonyl (C=O) groups excluding carboxylic acids is 1. The molecule has 0 spiro atoms. The molecule has 2 aliphatic rings. The van der Waals surface area contributed by atoms with E-state index in [0.717, 1.165) is 31.8 Å². The van der Waals surface area contributed by atoms with Crippen molar-refractivity contribution in [1.29, 1.82) is 0 Å². The molecule has 2 N–H and O–H groups in total. The van der Waals surface area contributed by atoms with E-state index in [0.29, 0.717) is 30.0 Å². The molecule has 0 saturated carbocycles. The van der Waals surface area contributed by atoms with Crippen LogP contribution in [0.1, 0.15) is 91.7 Å². The highest BCUT2D eigenvalue weighted by Gasteiger charge is 2.51. The lowest BCUT2D eigenvalue weighted by atomic mass is 9.75. The first-order valence-electron chi connectivity index (χ1n) is 13.0. The maximum absolute atomic E-state index is 14.1. The van der Waals surface area contributed by atoms with Crippen LogP contribution in [-0.4, -0.2) is 40.7 Å². The van der Waals surface area contributed by atoms with Crippen molar-refractivity contribution in [2.75, 3.05) is 6.54 Å². The number of hydrogen-bond donors (Lipinski definition) is 2. The molecule has 7 nitrogen and oxygen atoms in total. The molecular formula is C28H35FN2O5. The topological polar surface area (TPSA) is 102 Å². The minimum absolute atomic E-state index is 0.0137. The molecule has 1 amide bonds. The minimum atomic E-state index is -1.06. The van der Waals surface area contributed by atoms with Crippen LogP contribution in [0.25, 0.3) is 6.08 Å². The normalized spacial score (nSPS) is 22.9. The Hall–Kier alpha value is -3.00. The van der Waals surface area contributed by atoms with E-state index in [1.54, 1.807) is 6.07 Å². The molecule has 0 aliphatic carbocycles. The summed E-state index contributed by atoms with van der Waals surface area (Å²) in [6.07, 6.45) is 13.0. The maximum Gasteiger partial charge on any atom is 0.328 e. The van der Waals surface area contributed by atoms with Gasteiger partial charge < -0.3 is 19.6 Å². The number of oxazole rings is 1. The Labute approximate surface area is 211 Å². The molecule has 2 aliphatic heterocycles. The fraction of sp³-hybridized carbons (Fsp3) is 0.536. The number of nitrogens with zero attached hydrogens (tertiary/aromatic N) is 1. The first-order chi connectivity index (χ1) is 17.5. The van der Waals surface area contributed by atoms with Gasteiger partial charge in [-0.25, -0.2) is 14.2 Å². The summed E-state index contributed by atoms with van der Waals surface area (Å²) >= 11 is 0. The van der Waals surface area contributed by atoms with Crippen LogP contribution < -0.4 is 5.32 Å². The number of aliphatic carboxylic acids is 1. The van der Waals surface area contributed by atoms with E-state index >= 15 is 0 Å². The van der Waals surface area contributed by atoms with E-state index in [4.69, 9.17) is 14.3 Å². The lowest BCUT2D eigenvalue weighted by molar-refractivity contribution is -0.131. The SMILES string of the molecule is CCCCCCCCNC(=O)c1coc(C2C3CCC(O3)C2Cc2cc(F)ccc2/C=C/C(=O)O)n1. The summed E-state index contributed by atoms with van der Waals surface area (Å²) in [5.74, 6) is -1.38. The Bertz CT molecular complexity index is 1080. The average Bonchev–Trinajstić information content (AvgIpc) is 3.59. The second kappa shape index (κ2) is 12.3. The van der Waals surface area contributed by atoms with E-state index in [1.807, 2.05) is 0 Å². The molecule has 1 aromatic heterocycles. The summed E-state index contributed by atoms with van der Waals surface area (Å²) in [5.41, 5.74) is 1.62. The monoisotopic (exact) mass is 498 g/mol. The standard InChI is InChI=1S/C28H35FN2O5/c1-2-3-4-5-6-7-14-30-27(34)22-17-35-28(31-22)26-21(23-11-12-24(26)36-23)16-19-15-20(29)10-8-18(19)9-13-25(32)33/h8-10,13,15,17,21,23-24,26H,2-7,11-12,14,16H2,1H3,(H,30,34)(H,32,33)/b13-9+. The van der Waals surface area contributed by atoms with Crippen LogP contribution in [0, 0.1) is 11.7 Å². The van der Waals surface area contributed by atoms with Gasteiger partial charge in [0.15, 0.2) is 5.69 Å². The number of benzene rings is 1. The number of nitrogens with one attached hydrogen (secondary N) is 1. The van der Waals surface area contributed by atoms with Crippen molar-refractivity contribution < 1.29 is 28.2 Å². The molecule has 2 bridgehead atoms. The highest BCUT2D eigenvalue weighted by atomic mass is 19.1. The Balaban J connectivity index is 1.42. The number of ether oxygens (including phenoxy) is 1. The van der Waals surface area contributed by atoms with Crippen LogP contribution in [0.3, 0.4) is 0 Å². The summed E-state index contributed by atoms with van der Waals surface area (Å²) in [4.78, 5) is 28.1. The van der Waals surface area contributed by atoms with Gasteiger partial charge in [-0.15, -0.1) is 0 Å². The first kappa shape index (κ1) is 26.1. The summed E-state index contributed by atoms with van der Waals surface area (Å²) in [6, 6.07) is 4.36. The maximum atomic E-state index is 14.1. The van der Waals surface area contributed by atoms with Gasteiger partial charge in [0.2, 0.25) is 5.89 Å². The number of unbranched alkanes of at least 4 members (excludes halogenated alkanes) is 5. The second-order valence-corrected chi connectivity index (χ2v) is 9.79. The number of carbonyl (C=O) groups is 2. The zero-order valence-electron chi connectivity index (χ0n) is 20.7. The Morgan fingerprint density at radius 1 is 1.17 bits per heavy atom. The van der Waals surface area contributed by atoms with E-state index in [-0.39, 0.29) is 41.5 Å². The zero-order chi connectivity index (χ0) is 25.5. The molecule has 0 radical (unpaired) electrons. The molecule has 8 heteroatoms. The predicted molar refractivity (Wildman–Crippen MR) is 133 cm³/mol. The van der Waals surface area contributed by atoms with Crippen LogP contribution in [-0.2, 0) is 16.0 Å². The van der Waals surface area contributed by atoms with Crippen LogP contribution >= 0.6 is 0 Å². The van der Waals surface area contributed by atoms with Crippen molar-refractivity contribution in [2.24, 2.45) is 5.92 Å². The summed E-state index contributed by atoms with van der Waals surface area (Å²) in [6.45, 7) is 2.80. The highest BCUT2D eigenvalue weighted by Crippen LogP contribution is 2.50. The Morgan fingerprint density at radius 2 is 1.94 bits per heavy atom. The van der Waals surface area contributed by atoms with E-state index in [9.17, 15) is 14.0 Å². The van der Waals surface area contributed by atoms with E-state index in [2.05, 4.69) is 17.2 Å². The van der Waals surface area contributed by atoms with Crippen molar-refractivity contribution in [1.82, 2.24) is 10.3 Å². The third-order valence-electron chi connectivity index (χ3n) is 7.25. The molecule has 4 rings (SSSR count). The first-order valence-corrected chi connectivity index (χ1v) is 13.0. The molecule has 3 heterocycles. The predicted octanol–water partition coefficient (Wildman–Crippen LogP) is 5.51. The van der Waals surface area contributed by atoms with Gasteiger partial charge >= 0.3 is 5.97 Å². The van der Waals surface area contributed by atoms with Gasteiger partial charge in [-0.05, 0) is 55.0 Å². The molecule has 2 saturated heterocycles. The van der Waals surface area contributed by atoms with Gasteiger partial charge in [0.05, 0.1) is 18.1 Å². The quantitative estimate of drug-likeness (QED) is 0.279. The van der Waals surface area contributed by atoms with E-state index in [1.165, 1.54) is 50.2 Å². The fourth-order valence-corrected chi connectivity index (χ4v) is 5.45. The Kier molecular flexibility index (Phi) is 8.91. The Morgan fingerprint density at radius 3 is 2.75 bits per heavy atom. The lowest BCUT2D eigenvalue weighted by Gasteiger charge is -2.26. The number of fused-ring (bicyclic) bond motifs is 2. The summed E-state index contributed by atoms with van der Waals surface area (Å²) in [5, 5.41) is 11.9. The summed E-state index contributed by atoms with van der Waals surface area (Å²) in [7, 11) is 0. The van der Waals surface area contributed by atoms with E-state index < -0.39 is 5.97 Å². The minimum Gasteiger partial charge on any atom is -0.478 e. The van der Waals surface area contributed by atoms with Gasteiger partial charge in [0, 0.05) is 18.5 Å². The molecule has 2 fully saturated rings. The molecule has 1 aromatic carbocycles. The molecule has 4 atom stereocenters. The molecule has 36 heavy (non-hydrogen) atoms. The molecule has 4 unspecified atom stereocenters. The average molecular weight is 499 g/mol. The third-order valence-corrected chi connectivity index (χ3v) is 7.25. The van der Waals surface area contributed by atoms with Crippen LogP contribution in [0.5, 0.6) is 0 Å². The highest BCUT2D eigenvalue weighted by molar-refractivity contribution is 5.91. The largest absolute Gasteiger partial charge is 0.478 e. The van der Waals surface area contributed by atoms with Gasteiger partial charge in [0.25, 0.3) is 5.91 Å². The molecule has 2 aromatic rings. The number of carboxylic acids is 1. The second-order valence-electron chi connectivity index (χ2n) is 9.79. The molecule has 194 valence electrons. The van der Waals surface area contributed by atoms with Crippen LogP contribution in [0.4, 0.5) is 4.39 Å². The van der Waals surface area contributed by atoms with Gasteiger partial charge in [-0.1, -0.05) is 45.1 Å². The number of amides is 1. The fourth-order valence-electron chi connectivity index (χ4n) is 5.45. The number of aromatic nitrogens is 1. The van der Waals surface area contributed by atoms with Crippen molar-refractivity contribution in [3.05, 3.63) is 59.1 Å². The number of rotatable bonds is 13. The van der Waals surface area contributed by atoms with Crippen LogP contribution in [0.2, 0.25) is 0 Å². The number of hydrogen-bond acceptors (Lipinski definition) is 5. The van der Waals surface area contributed by atoms with Gasteiger partial charge in [0.1, 0.15) is 12.1 Å². The van der Waals surface area contributed by atoms with Crippen LogP contribution in [0.15, 0.2) is 35.0 Å². The lowest BCUT2D eigenvalue weighted by Crippen LogP contribution is -2.28. The zero-order valence-corrected chi connectivity index (χ0v) is 20.7.